The van der Waals surface area contributed by atoms with Crippen LogP contribution in [0.3, 0.4) is 0 Å². The minimum absolute atomic E-state index is 0.264. The van der Waals surface area contributed by atoms with Gasteiger partial charge in [0.15, 0.2) is 0 Å². The second kappa shape index (κ2) is 26.1. The molecule has 7 heteroatoms. The Bertz CT molecular complexity index is 705. The maximum Gasteiger partial charge on any atom is 0.266 e. The van der Waals surface area contributed by atoms with E-state index in [1.54, 1.807) is 0 Å². The van der Waals surface area contributed by atoms with E-state index in [9.17, 15) is 22.9 Å². The maximum atomic E-state index is 12.4. The van der Waals surface area contributed by atoms with Crippen molar-refractivity contribution in [2.75, 3.05) is 5.75 Å². The lowest BCUT2D eigenvalue weighted by molar-refractivity contribution is -0.122. The van der Waals surface area contributed by atoms with Crippen LogP contribution in [-0.4, -0.2) is 41.9 Å². The fourth-order valence-electron chi connectivity index (χ4n) is 4.53. The normalized spacial score (nSPS) is 13.9. The third-order valence-corrected chi connectivity index (χ3v) is 7.69. The first kappa shape index (κ1) is 36.8. The highest BCUT2D eigenvalue weighted by Crippen LogP contribution is 2.14. The second-order valence-electron chi connectivity index (χ2n) is 10.7. The van der Waals surface area contributed by atoms with Crippen molar-refractivity contribution in [1.29, 1.82) is 0 Å². The summed E-state index contributed by atoms with van der Waals surface area (Å²) in [6, 6.07) is -0.972. The molecule has 0 saturated heterocycles. The Morgan fingerprint density at radius 1 is 0.711 bits per heavy atom. The van der Waals surface area contributed by atoms with Gasteiger partial charge in [0.05, 0.1) is 17.9 Å². The molecule has 3 N–H and O–H groups in total. The van der Waals surface area contributed by atoms with E-state index < -0.39 is 28.0 Å². The molecule has 224 valence electrons. The van der Waals surface area contributed by atoms with Gasteiger partial charge in [0.2, 0.25) is 5.91 Å². The highest BCUT2D eigenvalue weighted by Gasteiger charge is 2.26. The first-order valence-corrected chi connectivity index (χ1v) is 17.1. The zero-order valence-electron chi connectivity index (χ0n) is 24.5. The molecule has 0 saturated carbocycles. The zero-order chi connectivity index (χ0) is 28.3. The molecule has 0 aliphatic heterocycles. The van der Waals surface area contributed by atoms with E-state index in [0.29, 0.717) is 12.8 Å². The average Bonchev–Trinajstić information content (AvgIpc) is 2.86. The van der Waals surface area contributed by atoms with Gasteiger partial charge in [0.25, 0.3) is 10.1 Å². The minimum atomic E-state index is -4.30. The van der Waals surface area contributed by atoms with Crippen molar-refractivity contribution in [1.82, 2.24) is 5.32 Å². The molecule has 0 heterocycles. The molecule has 0 bridgehead atoms. The van der Waals surface area contributed by atoms with Crippen LogP contribution >= 0.6 is 0 Å². The number of rotatable bonds is 27. The lowest BCUT2D eigenvalue weighted by atomic mass is 10.0. The van der Waals surface area contributed by atoms with E-state index in [-0.39, 0.29) is 5.91 Å². The molecule has 2 atom stereocenters. The number of carbonyl (C=O) groups excluding carboxylic acids is 1. The highest BCUT2D eigenvalue weighted by molar-refractivity contribution is 7.85. The van der Waals surface area contributed by atoms with Crippen LogP contribution < -0.4 is 5.32 Å². The van der Waals surface area contributed by atoms with Crippen LogP contribution in [-0.2, 0) is 14.9 Å². The van der Waals surface area contributed by atoms with E-state index in [2.05, 4.69) is 43.5 Å². The van der Waals surface area contributed by atoms with E-state index in [1.165, 1.54) is 57.8 Å². The number of nitrogens with one attached hydrogen (secondary N) is 1. The van der Waals surface area contributed by atoms with Gasteiger partial charge in [0.1, 0.15) is 0 Å². The molecule has 0 fully saturated rings. The van der Waals surface area contributed by atoms with Gasteiger partial charge in [-0.3, -0.25) is 9.35 Å². The molecule has 0 aromatic heterocycles. The smallest absolute Gasteiger partial charge is 0.266 e. The van der Waals surface area contributed by atoms with Crippen LogP contribution in [0, 0.1) is 0 Å². The monoisotopic (exact) mass is 557 g/mol. The molecule has 38 heavy (non-hydrogen) atoms. The van der Waals surface area contributed by atoms with Gasteiger partial charge >= 0.3 is 0 Å². The predicted molar refractivity (Wildman–Crippen MR) is 161 cm³/mol. The summed E-state index contributed by atoms with van der Waals surface area (Å²) in [4.78, 5) is 12.4. The molecule has 0 spiro atoms. The SMILES string of the molecule is CCCC/C=C\C/C=C\CCCCCCCC(=O)NC(CS(=O)(=O)O)C(O)CCCCCCCCCCC. The Morgan fingerprint density at radius 2 is 1.21 bits per heavy atom. The summed E-state index contributed by atoms with van der Waals surface area (Å²) in [5, 5.41) is 13.2. The van der Waals surface area contributed by atoms with Crippen molar-refractivity contribution < 1.29 is 22.9 Å². The Balaban J connectivity index is 4.03. The molecule has 2 unspecified atom stereocenters. The van der Waals surface area contributed by atoms with Crippen molar-refractivity contribution in [3.05, 3.63) is 24.3 Å². The van der Waals surface area contributed by atoms with Crippen molar-refractivity contribution in [2.24, 2.45) is 0 Å². The fourth-order valence-corrected chi connectivity index (χ4v) is 5.29. The fraction of sp³-hybridized carbons (Fsp3) is 0.839. The number of allylic oxidation sites excluding steroid dienone is 4. The number of unbranched alkanes of at least 4 members (excludes halogenated alkanes) is 15. The summed E-state index contributed by atoms with van der Waals surface area (Å²) in [5.74, 6) is -0.918. The summed E-state index contributed by atoms with van der Waals surface area (Å²) >= 11 is 0. The van der Waals surface area contributed by atoms with Crippen molar-refractivity contribution in [3.8, 4) is 0 Å². The summed E-state index contributed by atoms with van der Waals surface area (Å²) in [5.41, 5.74) is 0. The van der Waals surface area contributed by atoms with Crippen molar-refractivity contribution in [3.63, 3.8) is 0 Å². The lowest BCUT2D eigenvalue weighted by Crippen LogP contribution is -2.47. The molecule has 0 rings (SSSR count). The largest absolute Gasteiger partial charge is 0.391 e. The Labute approximate surface area is 234 Å². The quantitative estimate of drug-likeness (QED) is 0.0538. The van der Waals surface area contributed by atoms with Crippen LogP contribution in [0.4, 0.5) is 0 Å². The van der Waals surface area contributed by atoms with Crippen LogP contribution in [0.25, 0.3) is 0 Å². The molecule has 0 aromatic rings. The number of hydrogen-bond acceptors (Lipinski definition) is 4. The van der Waals surface area contributed by atoms with Gasteiger partial charge < -0.3 is 10.4 Å². The third-order valence-electron chi connectivity index (χ3n) is 6.91. The van der Waals surface area contributed by atoms with Gasteiger partial charge in [-0.2, -0.15) is 8.42 Å². The van der Waals surface area contributed by atoms with Gasteiger partial charge in [0, 0.05) is 6.42 Å². The maximum absolute atomic E-state index is 12.4. The van der Waals surface area contributed by atoms with Crippen LogP contribution in [0.1, 0.15) is 149 Å². The molecule has 1 amide bonds. The number of aliphatic hydroxyl groups is 1. The molecule has 6 nitrogen and oxygen atoms in total. The topological polar surface area (TPSA) is 104 Å². The molecule has 0 aromatic carbocycles. The first-order chi connectivity index (χ1) is 18.3. The highest BCUT2D eigenvalue weighted by atomic mass is 32.2. The minimum Gasteiger partial charge on any atom is -0.391 e. The molecular formula is C31H59NO5S. The van der Waals surface area contributed by atoms with E-state index in [1.807, 2.05) is 0 Å². The van der Waals surface area contributed by atoms with E-state index >= 15 is 0 Å². The Hall–Kier alpha value is -1.18. The van der Waals surface area contributed by atoms with Gasteiger partial charge in [-0.1, -0.05) is 128 Å². The zero-order valence-corrected chi connectivity index (χ0v) is 25.4. The second-order valence-corrected chi connectivity index (χ2v) is 12.2. The van der Waals surface area contributed by atoms with E-state index in [4.69, 9.17) is 0 Å². The van der Waals surface area contributed by atoms with Gasteiger partial charge in [-0.15, -0.1) is 0 Å². The Morgan fingerprint density at radius 3 is 1.79 bits per heavy atom. The number of hydrogen-bond donors (Lipinski definition) is 3. The summed E-state index contributed by atoms with van der Waals surface area (Å²) < 4.78 is 32.2. The van der Waals surface area contributed by atoms with Crippen LogP contribution in [0.5, 0.6) is 0 Å². The predicted octanol–water partition coefficient (Wildman–Crippen LogP) is 8.06. The summed E-state index contributed by atoms with van der Waals surface area (Å²) in [7, 11) is -4.30. The molecule has 0 aliphatic rings. The van der Waals surface area contributed by atoms with Crippen LogP contribution in [0.15, 0.2) is 24.3 Å². The average molecular weight is 558 g/mol. The molecule has 0 aliphatic carbocycles. The van der Waals surface area contributed by atoms with E-state index in [0.717, 1.165) is 64.2 Å². The van der Waals surface area contributed by atoms with Crippen LogP contribution in [0.2, 0.25) is 0 Å². The van der Waals surface area contributed by atoms with Crippen molar-refractivity contribution in [2.45, 2.75) is 161 Å². The summed E-state index contributed by atoms with van der Waals surface area (Å²) in [6.45, 7) is 4.41. The number of aliphatic hydroxyl groups excluding tert-OH is 1. The summed E-state index contributed by atoms with van der Waals surface area (Å²) in [6.07, 6.45) is 29.8. The standard InChI is InChI=1S/C31H59NO5S/c1-3-5-7-9-11-13-14-15-16-17-19-21-23-25-27-31(34)32-29(28-38(35,36)37)30(33)26-24-22-20-18-12-10-8-6-4-2/h9,11,14-15,29-30,33H,3-8,10,12-13,16-28H2,1-2H3,(H,32,34)(H,35,36,37)/b11-9-,15-14-. The first-order valence-electron chi connectivity index (χ1n) is 15.5. The lowest BCUT2D eigenvalue weighted by Gasteiger charge is -2.23. The number of amides is 1. The third kappa shape index (κ3) is 26.4. The number of carbonyl (C=O) groups is 1. The van der Waals surface area contributed by atoms with Gasteiger partial charge in [-0.25, -0.2) is 0 Å². The van der Waals surface area contributed by atoms with Gasteiger partial charge in [-0.05, 0) is 38.5 Å². The molecular weight excluding hydrogens is 498 g/mol. The Kier molecular flexibility index (Phi) is 25.3. The van der Waals surface area contributed by atoms with Crippen molar-refractivity contribution >= 4 is 16.0 Å². The molecule has 0 radical (unpaired) electrons.